The van der Waals surface area contributed by atoms with Crippen LogP contribution in [0.4, 0.5) is 11.4 Å². The van der Waals surface area contributed by atoms with Crippen molar-refractivity contribution in [1.29, 1.82) is 0 Å². The third kappa shape index (κ3) is 5.39. The van der Waals surface area contributed by atoms with Gasteiger partial charge in [-0.25, -0.2) is 13.6 Å². The molecule has 0 aliphatic rings. The molecule has 186 valence electrons. The maximum Gasteiger partial charge on any atom is 0.238 e. The fourth-order valence-corrected chi connectivity index (χ4v) is 5.08. The van der Waals surface area contributed by atoms with E-state index >= 15 is 0 Å². The van der Waals surface area contributed by atoms with E-state index in [1.165, 1.54) is 24.3 Å². The number of sulfonamides is 1. The maximum absolute atomic E-state index is 11.4. The van der Waals surface area contributed by atoms with Gasteiger partial charge in [-0.1, -0.05) is 52.3 Å². The number of rotatable bonds is 5. The number of aromatic hydroxyl groups is 1. The summed E-state index contributed by atoms with van der Waals surface area (Å²) in [6.07, 6.45) is 0. The van der Waals surface area contributed by atoms with Crippen LogP contribution < -0.4 is 10.5 Å². The number of halogens is 1. The summed E-state index contributed by atoms with van der Waals surface area (Å²) in [5.74, 6) is -0.0367. The van der Waals surface area contributed by atoms with Crippen LogP contribution in [0.3, 0.4) is 0 Å². The molecule has 1 aromatic heterocycles. The third-order valence-electron chi connectivity index (χ3n) is 5.80. The van der Waals surface area contributed by atoms with Crippen LogP contribution in [-0.2, 0) is 16.6 Å². The summed E-state index contributed by atoms with van der Waals surface area (Å²) in [4.78, 5) is -0.0136. The maximum atomic E-state index is 11.4. The Hall–Kier alpha value is -3.64. The number of thiocarbonyl (C=S) groups is 1. The molecule has 5 aromatic rings. The molecule has 0 spiro atoms. The summed E-state index contributed by atoms with van der Waals surface area (Å²) in [5, 5.41) is 30.5. The van der Waals surface area contributed by atoms with Gasteiger partial charge in [-0.15, -0.1) is 10.2 Å². The molecule has 8 nitrogen and oxygen atoms in total. The molecule has 0 radical (unpaired) electrons. The molecule has 11 heteroatoms. The Labute approximate surface area is 226 Å². The van der Waals surface area contributed by atoms with Gasteiger partial charge in [0.25, 0.3) is 0 Å². The number of nitrogens with two attached hydrogens (primary N) is 1. The number of anilines is 1. The van der Waals surface area contributed by atoms with Gasteiger partial charge in [0, 0.05) is 15.5 Å². The minimum Gasteiger partial charge on any atom is -0.493 e. The molecule has 0 fully saturated rings. The molecule has 0 saturated heterocycles. The first kappa shape index (κ1) is 25.0. The monoisotopic (exact) mass is 593 g/mol. The van der Waals surface area contributed by atoms with Crippen molar-refractivity contribution in [2.24, 2.45) is 15.4 Å². The van der Waals surface area contributed by atoms with E-state index in [1.54, 1.807) is 4.57 Å². The lowest BCUT2D eigenvalue weighted by atomic mass is 10.1. The molecular formula is C26H20BrN5O3S2. The SMILES string of the molecule is NS(=O)(=O)c1ccc(NC(=S)N=Nc2c(O)n(Cc3ccc4ccccc4c3)c3ccc(Br)cc23)cc1. The Kier molecular flexibility index (Phi) is 6.78. The number of nitrogens with zero attached hydrogens (tertiary/aromatic N) is 3. The molecule has 0 amide bonds. The second kappa shape index (κ2) is 10.0. The summed E-state index contributed by atoms with van der Waals surface area (Å²) in [6, 6.07) is 25.7. The number of aromatic nitrogens is 1. The molecule has 4 aromatic carbocycles. The lowest BCUT2D eigenvalue weighted by Crippen LogP contribution is -2.12. The van der Waals surface area contributed by atoms with Gasteiger partial charge in [0.05, 0.1) is 17.0 Å². The molecule has 37 heavy (non-hydrogen) atoms. The van der Waals surface area contributed by atoms with E-state index in [0.29, 0.717) is 17.6 Å². The van der Waals surface area contributed by atoms with Gasteiger partial charge in [-0.3, -0.25) is 0 Å². The van der Waals surface area contributed by atoms with Gasteiger partial charge in [0.2, 0.25) is 21.0 Å². The summed E-state index contributed by atoms with van der Waals surface area (Å²) in [5.41, 5.74) is 2.62. The van der Waals surface area contributed by atoms with Crippen molar-refractivity contribution in [2.75, 3.05) is 5.32 Å². The molecule has 0 aliphatic carbocycles. The summed E-state index contributed by atoms with van der Waals surface area (Å²) >= 11 is 8.76. The fourth-order valence-electron chi connectivity index (χ4n) is 4.05. The summed E-state index contributed by atoms with van der Waals surface area (Å²) in [6.45, 7) is 0.434. The largest absolute Gasteiger partial charge is 0.493 e. The van der Waals surface area contributed by atoms with Crippen molar-refractivity contribution in [1.82, 2.24) is 4.57 Å². The van der Waals surface area contributed by atoms with E-state index < -0.39 is 10.0 Å². The van der Waals surface area contributed by atoms with Crippen molar-refractivity contribution in [3.63, 3.8) is 0 Å². The lowest BCUT2D eigenvalue weighted by molar-refractivity contribution is 0.429. The van der Waals surface area contributed by atoms with E-state index in [9.17, 15) is 13.5 Å². The molecule has 0 unspecified atom stereocenters. The number of azo groups is 1. The van der Waals surface area contributed by atoms with Crippen LogP contribution >= 0.6 is 28.1 Å². The Bertz CT molecular complexity index is 1800. The first-order valence-electron chi connectivity index (χ1n) is 11.0. The van der Waals surface area contributed by atoms with E-state index in [-0.39, 0.29) is 21.6 Å². The minimum atomic E-state index is -3.79. The number of fused-ring (bicyclic) bond motifs is 2. The summed E-state index contributed by atoms with van der Waals surface area (Å²) in [7, 11) is -3.79. The number of nitrogens with one attached hydrogen (secondary N) is 1. The van der Waals surface area contributed by atoms with Crippen LogP contribution in [0.1, 0.15) is 5.56 Å². The van der Waals surface area contributed by atoms with Gasteiger partial charge in [0.15, 0.2) is 5.69 Å². The normalized spacial score (nSPS) is 11.9. The standard InChI is InChI=1S/C26H20BrN5O3S2/c27-19-7-12-23-22(14-19)24(30-31-26(36)29-20-8-10-21(11-9-20)37(28,34)35)25(33)32(23)15-16-5-6-17-3-1-2-4-18(17)13-16/h1-14,33H,15H2,(H,29,36)(H2,28,34,35). The molecule has 5 rings (SSSR count). The number of hydrogen-bond acceptors (Lipinski definition) is 5. The molecule has 0 aliphatic heterocycles. The van der Waals surface area contributed by atoms with E-state index in [2.05, 4.69) is 55.7 Å². The average Bonchev–Trinajstić information content (AvgIpc) is 3.12. The highest BCUT2D eigenvalue weighted by atomic mass is 79.9. The van der Waals surface area contributed by atoms with Gasteiger partial charge in [-0.2, -0.15) is 0 Å². The van der Waals surface area contributed by atoms with Gasteiger partial charge in [-0.05, 0) is 77.1 Å². The smallest absolute Gasteiger partial charge is 0.238 e. The van der Waals surface area contributed by atoms with Crippen molar-refractivity contribution >= 4 is 76.3 Å². The zero-order chi connectivity index (χ0) is 26.2. The minimum absolute atomic E-state index is 0.0136. The summed E-state index contributed by atoms with van der Waals surface area (Å²) < 4.78 is 25.5. The Morgan fingerprint density at radius 2 is 1.73 bits per heavy atom. The molecule has 1 heterocycles. The first-order chi connectivity index (χ1) is 17.7. The van der Waals surface area contributed by atoms with Crippen LogP contribution in [0.25, 0.3) is 21.7 Å². The number of hydrogen-bond donors (Lipinski definition) is 3. The Morgan fingerprint density at radius 3 is 2.46 bits per heavy atom. The highest BCUT2D eigenvalue weighted by molar-refractivity contribution is 9.10. The Balaban J connectivity index is 1.44. The van der Waals surface area contributed by atoms with Gasteiger partial charge in [0.1, 0.15) is 0 Å². The van der Waals surface area contributed by atoms with Crippen LogP contribution in [-0.4, -0.2) is 23.2 Å². The molecule has 4 N–H and O–H groups in total. The van der Waals surface area contributed by atoms with Crippen molar-refractivity contribution in [3.05, 3.63) is 95.0 Å². The molecular weight excluding hydrogens is 574 g/mol. The predicted molar refractivity (Wildman–Crippen MR) is 153 cm³/mol. The zero-order valence-corrected chi connectivity index (χ0v) is 22.4. The van der Waals surface area contributed by atoms with E-state index in [1.807, 2.05) is 36.4 Å². The van der Waals surface area contributed by atoms with E-state index in [0.717, 1.165) is 26.3 Å². The third-order valence-corrected chi connectivity index (χ3v) is 7.41. The topological polar surface area (TPSA) is 122 Å². The van der Waals surface area contributed by atoms with Gasteiger partial charge < -0.3 is 15.0 Å². The highest BCUT2D eigenvalue weighted by Gasteiger charge is 2.18. The van der Waals surface area contributed by atoms with Crippen molar-refractivity contribution < 1.29 is 13.5 Å². The van der Waals surface area contributed by atoms with Crippen LogP contribution in [0.5, 0.6) is 5.88 Å². The van der Waals surface area contributed by atoms with Crippen LogP contribution in [0, 0.1) is 0 Å². The second-order valence-electron chi connectivity index (χ2n) is 8.30. The van der Waals surface area contributed by atoms with Crippen molar-refractivity contribution in [2.45, 2.75) is 11.4 Å². The fraction of sp³-hybridized carbons (Fsp3) is 0.0385. The van der Waals surface area contributed by atoms with E-state index in [4.69, 9.17) is 17.4 Å². The number of benzene rings is 4. The zero-order valence-electron chi connectivity index (χ0n) is 19.2. The lowest BCUT2D eigenvalue weighted by Gasteiger charge is -2.08. The molecule has 0 saturated carbocycles. The number of primary sulfonamides is 1. The molecule has 0 bridgehead atoms. The quantitative estimate of drug-likeness (QED) is 0.160. The first-order valence-corrected chi connectivity index (χ1v) is 13.8. The predicted octanol–water partition coefficient (Wildman–Crippen LogP) is 6.44. The Morgan fingerprint density at radius 1 is 1.00 bits per heavy atom. The van der Waals surface area contributed by atoms with Crippen molar-refractivity contribution in [3.8, 4) is 5.88 Å². The van der Waals surface area contributed by atoms with Crippen LogP contribution in [0.2, 0.25) is 0 Å². The highest BCUT2D eigenvalue weighted by Crippen LogP contribution is 2.40. The second-order valence-corrected chi connectivity index (χ2v) is 11.2. The average molecular weight is 595 g/mol. The molecule has 0 atom stereocenters. The van der Waals surface area contributed by atoms with Gasteiger partial charge >= 0.3 is 0 Å². The van der Waals surface area contributed by atoms with Crippen LogP contribution in [0.15, 0.2) is 105 Å².